The second-order valence-electron chi connectivity index (χ2n) is 8.81. The number of hydrogen-bond acceptors (Lipinski definition) is 6. The summed E-state index contributed by atoms with van der Waals surface area (Å²) in [6.07, 6.45) is -0.453. The van der Waals surface area contributed by atoms with Crippen molar-refractivity contribution in [2.24, 2.45) is 0 Å². The molecule has 0 saturated carbocycles. The van der Waals surface area contributed by atoms with E-state index in [9.17, 15) is 18.4 Å². The van der Waals surface area contributed by atoms with E-state index in [1.165, 1.54) is 4.90 Å². The van der Waals surface area contributed by atoms with E-state index >= 15 is 0 Å². The van der Waals surface area contributed by atoms with Crippen LogP contribution >= 0.6 is 0 Å². The Morgan fingerprint density at radius 3 is 2.64 bits per heavy atom. The van der Waals surface area contributed by atoms with Crippen LogP contribution in [0.3, 0.4) is 0 Å². The zero-order chi connectivity index (χ0) is 25.5. The fraction of sp³-hybridized carbons (Fsp3) is 0.462. The van der Waals surface area contributed by atoms with Gasteiger partial charge in [0.05, 0.1) is 38.6 Å². The van der Waals surface area contributed by atoms with Gasteiger partial charge in [0, 0.05) is 57.4 Å². The van der Waals surface area contributed by atoms with Gasteiger partial charge in [-0.2, -0.15) is 0 Å². The van der Waals surface area contributed by atoms with Crippen LogP contribution in [0.2, 0.25) is 0 Å². The van der Waals surface area contributed by atoms with Gasteiger partial charge in [0.25, 0.3) is 11.8 Å². The molecule has 0 unspecified atom stereocenters. The fourth-order valence-corrected chi connectivity index (χ4v) is 4.39. The molecule has 2 aliphatic rings. The third-order valence-corrected chi connectivity index (χ3v) is 6.41. The Labute approximate surface area is 209 Å². The van der Waals surface area contributed by atoms with Crippen molar-refractivity contribution in [2.75, 3.05) is 72.7 Å². The molecule has 0 aromatic heterocycles. The highest BCUT2D eigenvalue weighted by atomic mass is 19.1. The van der Waals surface area contributed by atoms with Crippen molar-refractivity contribution in [3.05, 3.63) is 65.2 Å². The number of methoxy groups -OCH3 is 1. The van der Waals surface area contributed by atoms with Gasteiger partial charge in [0.1, 0.15) is 17.4 Å². The molecule has 2 aromatic carbocycles. The fourth-order valence-electron chi connectivity index (χ4n) is 4.39. The van der Waals surface area contributed by atoms with E-state index < -0.39 is 23.6 Å². The third-order valence-electron chi connectivity index (χ3n) is 6.41. The summed E-state index contributed by atoms with van der Waals surface area (Å²) in [4.78, 5) is 31.8. The number of morpholine rings is 2. The zero-order valence-corrected chi connectivity index (χ0v) is 20.3. The first-order chi connectivity index (χ1) is 17.4. The molecule has 2 fully saturated rings. The van der Waals surface area contributed by atoms with Crippen LogP contribution in [-0.2, 0) is 9.47 Å². The average Bonchev–Trinajstić information content (AvgIpc) is 2.91. The van der Waals surface area contributed by atoms with Crippen LogP contribution in [0.15, 0.2) is 42.5 Å². The maximum atomic E-state index is 14.2. The molecular formula is C26H31F2N3O5. The summed E-state index contributed by atoms with van der Waals surface area (Å²) in [7, 11) is 1.55. The Morgan fingerprint density at radius 2 is 1.89 bits per heavy atom. The van der Waals surface area contributed by atoms with Crippen LogP contribution in [0.1, 0.15) is 20.7 Å². The van der Waals surface area contributed by atoms with Gasteiger partial charge in [0.15, 0.2) is 0 Å². The van der Waals surface area contributed by atoms with Gasteiger partial charge in [-0.1, -0.05) is 6.07 Å². The first kappa shape index (κ1) is 26.0. The number of rotatable bonds is 8. The maximum Gasteiger partial charge on any atom is 0.257 e. The molecule has 0 spiro atoms. The predicted molar refractivity (Wildman–Crippen MR) is 128 cm³/mol. The van der Waals surface area contributed by atoms with E-state index in [4.69, 9.17) is 14.2 Å². The van der Waals surface area contributed by atoms with Crippen LogP contribution < -0.4 is 4.74 Å². The summed E-state index contributed by atoms with van der Waals surface area (Å²) in [6, 6.07) is 9.89. The molecule has 2 amide bonds. The second kappa shape index (κ2) is 12.2. The van der Waals surface area contributed by atoms with E-state index in [1.54, 1.807) is 36.3 Å². The van der Waals surface area contributed by atoms with E-state index in [-0.39, 0.29) is 37.7 Å². The standard InChI is InChI=1S/C26H31F2N3O5/c1-34-21-4-2-3-19(15-21)25(32)30(8-7-29-9-12-35-13-10-29)17-22-18-31(11-14-36-22)26(33)23-6-5-20(27)16-24(23)28/h2-6,15-16,22H,7-14,17-18H2,1H3/t22-/m1/s1. The maximum absolute atomic E-state index is 14.2. The van der Waals surface area contributed by atoms with Crippen molar-refractivity contribution in [3.8, 4) is 5.75 Å². The van der Waals surface area contributed by atoms with Gasteiger partial charge in [-0.15, -0.1) is 0 Å². The number of ether oxygens (including phenoxy) is 3. The SMILES string of the molecule is COc1cccc(C(=O)N(CCN2CCOCC2)C[C@@H]2CN(C(=O)c3ccc(F)cc3F)CCO2)c1. The highest BCUT2D eigenvalue weighted by Gasteiger charge is 2.30. The summed E-state index contributed by atoms with van der Waals surface area (Å²) >= 11 is 0. The average molecular weight is 504 g/mol. The predicted octanol–water partition coefficient (Wildman–Crippen LogP) is 2.29. The Bertz CT molecular complexity index is 1060. The monoisotopic (exact) mass is 503 g/mol. The Morgan fingerprint density at radius 1 is 1.08 bits per heavy atom. The van der Waals surface area contributed by atoms with Gasteiger partial charge in [-0.3, -0.25) is 14.5 Å². The lowest BCUT2D eigenvalue weighted by Crippen LogP contribution is -2.52. The number of amides is 2. The lowest BCUT2D eigenvalue weighted by Gasteiger charge is -2.37. The minimum Gasteiger partial charge on any atom is -0.497 e. The molecule has 2 aromatic rings. The van der Waals surface area contributed by atoms with Gasteiger partial charge in [-0.25, -0.2) is 8.78 Å². The first-order valence-electron chi connectivity index (χ1n) is 12.0. The minimum absolute atomic E-state index is 0.168. The Kier molecular flexibility index (Phi) is 8.84. The highest BCUT2D eigenvalue weighted by molar-refractivity contribution is 5.95. The van der Waals surface area contributed by atoms with Crippen LogP contribution in [-0.4, -0.2) is 105 Å². The Balaban J connectivity index is 1.46. The number of carbonyl (C=O) groups is 2. The molecule has 2 saturated heterocycles. The molecule has 2 aliphatic heterocycles. The minimum atomic E-state index is -0.900. The number of carbonyl (C=O) groups excluding carboxylic acids is 2. The smallest absolute Gasteiger partial charge is 0.257 e. The Hall–Kier alpha value is -3.08. The van der Waals surface area contributed by atoms with E-state index in [0.717, 1.165) is 25.2 Å². The van der Waals surface area contributed by atoms with Crippen molar-refractivity contribution in [1.82, 2.24) is 14.7 Å². The molecule has 2 heterocycles. The van der Waals surface area contributed by atoms with Crippen molar-refractivity contribution in [3.63, 3.8) is 0 Å². The van der Waals surface area contributed by atoms with Crippen LogP contribution in [0.4, 0.5) is 8.78 Å². The molecule has 0 N–H and O–H groups in total. The molecule has 10 heteroatoms. The molecule has 4 rings (SSSR count). The largest absolute Gasteiger partial charge is 0.497 e. The van der Waals surface area contributed by atoms with Crippen molar-refractivity contribution < 1.29 is 32.6 Å². The van der Waals surface area contributed by atoms with Crippen molar-refractivity contribution >= 4 is 11.8 Å². The number of halogens is 2. The topological polar surface area (TPSA) is 71.6 Å². The molecule has 0 radical (unpaired) electrons. The van der Waals surface area contributed by atoms with Gasteiger partial charge in [-0.05, 0) is 30.3 Å². The van der Waals surface area contributed by atoms with Gasteiger partial charge in [0.2, 0.25) is 0 Å². The number of hydrogen-bond donors (Lipinski definition) is 0. The van der Waals surface area contributed by atoms with E-state index in [2.05, 4.69) is 4.90 Å². The molecule has 8 nitrogen and oxygen atoms in total. The normalized spacial score (nSPS) is 18.6. The molecule has 1 atom stereocenters. The molecule has 194 valence electrons. The highest BCUT2D eigenvalue weighted by Crippen LogP contribution is 2.18. The lowest BCUT2D eigenvalue weighted by atomic mass is 10.1. The summed E-state index contributed by atoms with van der Waals surface area (Å²) < 4.78 is 44.1. The quantitative estimate of drug-likeness (QED) is 0.551. The lowest BCUT2D eigenvalue weighted by molar-refractivity contribution is -0.0348. The van der Waals surface area contributed by atoms with Gasteiger partial charge >= 0.3 is 0 Å². The number of nitrogens with zero attached hydrogens (tertiary/aromatic N) is 3. The molecular weight excluding hydrogens is 472 g/mol. The van der Waals surface area contributed by atoms with Gasteiger partial charge < -0.3 is 24.0 Å². The first-order valence-corrected chi connectivity index (χ1v) is 12.0. The number of benzene rings is 2. The molecule has 0 aliphatic carbocycles. The van der Waals surface area contributed by atoms with Crippen LogP contribution in [0.5, 0.6) is 5.75 Å². The molecule has 36 heavy (non-hydrogen) atoms. The van der Waals surface area contributed by atoms with Crippen molar-refractivity contribution in [1.29, 1.82) is 0 Å². The summed E-state index contributed by atoms with van der Waals surface area (Å²) in [5.74, 6) is -1.75. The second-order valence-corrected chi connectivity index (χ2v) is 8.81. The van der Waals surface area contributed by atoms with Crippen molar-refractivity contribution in [2.45, 2.75) is 6.10 Å². The molecule has 0 bridgehead atoms. The zero-order valence-electron chi connectivity index (χ0n) is 20.3. The van der Waals surface area contributed by atoms with E-state index in [0.29, 0.717) is 43.7 Å². The van der Waals surface area contributed by atoms with Crippen LogP contribution in [0.25, 0.3) is 0 Å². The third kappa shape index (κ3) is 6.57. The summed E-state index contributed by atoms with van der Waals surface area (Å²) in [6.45, 7) is 5.04. The van der Waals surface area contributed by atoms with E-state index in [1.807, 2.05) is 0 Å². The summed E-state index contributed by atoms with van der Waals surface area (Å²) in [5.41, 5.74) is 0.308. The van der Waals surface area contributed by atoms with Crippen LogP contribution in [0, 0.1) is 11.6 Å². The summed E-state index contributed by atoms with van der Waals surface area (Å²) in [5, 5.41) is 0.